The van der Waals surface area contributed by atoms with Crippen molar-refractivity contribution in [2.45, 2.75) is 13.8 Å². The van der Waals surface area contributed by atoms with E-state index in [0.29, 0.717) is 11.4 Å². The number of aromatic nitrogens is 3. The fraction of sp³-hybridized carbons (Fsp3) is 0.167. The summed E-state index contributed by atoms with van der Waals surface area (Å²) in [7, 11) is 0. The molecule has 9 nitrogen and oxygen atoms in total. The second-order valence-electron chi connectivity index (χ2n) is 4.22. The highest BCUT2D eigenvalue weighted by Gasteiger charge is 2.16. The van der Waals surface area contributed by atoms with Gasteiger partial charge in [0.05, 0.1) is 16.3 Å². The Labute approximate surface area is 118 Å². The number of amides is 1. The number of hydrogen-bond donors (Lipinski definition) is 2. The molecule has 0 radical (unpaired) electrons. The SMILES string of the molecule is Cc1nnc(NC(=O)c2ccc([N+](=O)[O-])c(O)c2)nc1C. The van der Waals surface area contributed by atoms with Crippen LogP contribution in [-0.2, 0) is 0 Å². The molecule has 0 saturated heterocycles. The maximum atomic E-state index is 11.9. The van der Waals surface area contributed by atoms with E-state index in [1.165, 1.54) is 6.07 Å². The predicted molar refractivity (Wildman–Crippen MR) is 72.0 cm³/mol. The van der Waals surface area contributed by atoms with Gasteiger partial charge in [-0.2, -0.15) is 5.10 Å². The van der Waals surface area contributed by atoms with Crippen LogP contribution in [0.3, 0.4) is 0 Å². The van der Waals surface area contributed by atoms with Crippen LogP contribution in [0, 0.1) is 24.0 Å². The number of rotatable bonds is 3. The van der Waals surface area contributed by atoms with Crippen LogP contribution in [0.25, 0.3) is 0 Å². The zero-order valence-electron chi connectivity index (χ0n) is 11.2. The number of benzene rings is 1. The Balaban J connectivity index is 2.22. The lowest BCUT2D eigenvalue weighted by atomic mass is 10.2. The minimum absolute atomic E-state index is 0.0148. The molecular formula is C12H11N5O4. The van der Waals surface area contributed by atoms with E-state index in [4.69, 9.17) is 0 Å². The predicted octanol–water partition coefficient (Wildman–Crippen LogP) is 1.35. The fourth-order valence-electron chi connectivity index (χ4n) is 1.50. The number of carbonyl (C=O) groups excluding carboxylic acids is 1. The van der Waals surface area contributed by atoms with Gasteiger partial charge < -0.3 is 5.11 Å². The molecule has 0 fully saturated rings. The summed E-state index contributed by atoms with van der Waals surface area (Å²) >= 11 is 0. The molecule has 2 rings (SSSR count). The van der Waals surface area contributed by atoms with Crippen molar-refractivity contribution < 1.29 is 14.8 Å². The van der Waals surface area contributed by atoms with Crippen molar-refractivity contribution in [2.24, 2.45) is 0 Å². The molecule has 0 saturated carbocycles. The van der Waals surface area contributed by atoms with Gasteiger partial charge in [-0.3, -0.25) is 20.2 Å². The Morgan fingerprint density at radius 2 is 2.00 bits per heavy atom. The number of phenols is 1. The zero-order valence-corrected chi connectivity index (χ0v) is 11.2. The molecule has 1 aromatic carbocycles. The van der Waals surface area contributed by atoms with Gasteiger partial charge in [0, 0.05) is 11.6 Å². The maximum absolute atomic E-state index is 11.9. The topological polar surface area (TPSA) is 131 Å². The standard InChI is InChI=1S/C12H11N5O4/c1-6-7(2)15-16-12(13-6)14-11(19)8-3-4-9(17(20)21)10(18)5-8/h3-5,18H,1-2H3,(H,13,14,16,19). The number of nitro benzene ring substituents is 1. The molecule has 2 N–H and O–H groups in total. The summed E-state index contributed by atoms with van der Waals surface area (Å²) < 4.78 is 0. The average molecular weight is 289 g/mol. The van der Waals surface area contributed by atoms with Gasteiger partial charge in [-0.25, -0.2) is 4.98 Å². The lowest BCUT2D eigenvalue weighted by Crippen LogP contribution is -2.15. The summed E-state index contributed by atoms with van der Waals surface area (Å²) in [5, 5.41) is 30.0. The molecule has 0 aliphatic rings. The maximum Gasteiger partial charge on any atom is 0.310 e. The lowest BCUT2D eigenvalue weighted by Gasteiger charge is -2.05. The van der Waals surface area contributed by atoms with Crippen LogP contribution in [0.1, 0.15) is 21.7 Å². The largest absolute Gasteiger partial charge is 0.502 e. The Kier molecular flexibility index (Phi) is 3.74. The number of carbonyl (C=O) groups is 1. The van der Waals surface area contributed by atoms with E-state index in [-0.39, 0.29) is 11.5 Å². The third-order valence-electron chi connectivity index (χ3n) is 2.75. The third-order valence-corrected chi connectivity index (χ3v) is 2.75. The first-order valence-electron chi connectivity index (χ1n) is 5.85. The van der Waals surface area contributed by atoms with Gasteiger partial charge in [0.2, 0.25) is 5.95 Å². The molecule has 1 amide bonds. The number of aromatic hydroxyl groups is 1. The van der Waals surface area contributed by atoms with Gasteiger partial charge in [0.25, 0.3) is 5.91 Å². The first-order chi connectivity index (χ1) is 9.88. The first-order valence-corrected chi connectivity index (χ1v) is 5.85. The van der Waals surface area contributed by atoms with Crippen molar-refractivity contribution >= 4 is 17.5 Å². The minimum atomic E-state index is -0.743. The van der Waals surface area contributed by atoms with Crippen molar-refractivity contribution in [3.63, 3.8) is 0 Å². The van der Waals surface area contributed by atoms with Crippen LogP contribution in [0.4, 0.5) is 11.6 Å². The quantitative estimate of drug-likeness (QED) is 0.644. The van der Waals surface area contributed by atoms with E-state index >= 15 is 0 Å². The molecule has 21 heavy (non-hydrogen) atoms. The smallest absolute Gasteiger partial charge is 0.310 e. The molecule has 0 unspecified atom stereocenters. The molecule has 9 heteroatoms. The highest BCUT2D eigenvalue weighted by molar-refractivity contribution is 6.03. The molecule has 0 aliphatic heterocycles. The second-order valence-corrected chi connectivity index (χ2v) is 4.22. The van der Waals surface area contributed by atoms with Gasteiger partial charge in [-0.05, 0) is 26.0 Å². The Morgan fingerprint density at radius 1 is 1.29 bits per heavy atom. The monoisotopic (exact) mass is 289 g/mol. The Bertz CT molecular complexity index is 732. The molecule has 108 valence electrons. The van der Waals surface area contributed by atoms with Crippen molar-refractivity contribution in [1.29, 1.82) is 0 Å². The number of phenolic OH excluding ortho intramolecular Hbond substituents is 1. The minimum Gasteiger partial charge on any atom is -0.502 e. The molecule has 0 bridgehead atoms. The number of aryl methyl sites for hydroxylation is 2. The van der Waals surface area contributed by atoms with Crippen molar-refractivity contribution in [2.75, 3.05) is 5.32 Å². The highest BCUT2D eigenvalue weighted by Crippen LogP contribution is 2.26. The summed E-state index contributed by atoms with van der Waals surface area (Å²) in [6.07, 6.45) is 0. The summed E-state index contributed by atoms with van der Waals surface area (Å²) in [6.45, 7) is 3.45. The molecular weight excluding hydrogens is 278 g/mol. The normalized spacial score (nSPS) is 10.2. The molecule has 2 aromatic rings. The molecule has 1 heterocycles. The van der Waals surface area contributed by atoms with E-state index in [1.54, 1.807) is 13.8 Å². The molecule has 1 aromatic heterocycles. The number of anilines is 1. The van der Waals surface area contributed by atoms with Gasteiger partial charge in [-0.15, -0.1) is 5.10 Å². The van der Waals surface area contributed by atoms with E-state index in [2.05, 4.69) is 20.5 Å². The van der Waals surface area contributed by atoms with Crippen LogP contribution in [0.5, 0.6) is 5.75 Å². The van der Waals surface area contributed by atoms with E-state index in [0.717, 1.165) is 12.1 Å². The van der Waals surface area contributed by atoms with Crippen molar-refractivity contribution in [1.82, 2.24) is 15.2 Å². The van der Waals surface area contributed by atoms with E-state index in [9.17, 15) is 20.0 Å². The number of nitro groups is 1. The zero-order chi connectivity index (χ0) is 15.6. The van der Waals surface area contributed by atoms with Gasteiger partial charge in [-0.1, -0.05) is 0 Å². The van der Waals surface area contributed by atoms with Crippen LogP contribution >= 0.6 is 0 Å². The van der Waals surface area contributed by atoms with Gasteiger partial charge in [0.15, 0.2) is 5.75 Å². The average Bonchev–Trinajstić information content (AvgIpc) is 2.42. The second kappa shape index (κ2) is 5.49. The Morgan fingerprint density at radius 3 is 2.57 bits per heavy atom. The van der Waals surface area contributed by atoms with Crippen molar-refractivity contribution in [3.05, 3.63) is 45.3 Å². The summed E-state index contributed by atoms with van der Waals surface area (Å²) in [6, 6.07) is 3.27. The van der Waals surface area contributed by atoms with Crippen LogP contribution < -0.4 is 5.32 Å². The summed E-state index contributed by atoms with van der Waals surface area (Å²) in [5.41, 5.74) is 0.823. The van der Waals surface area contributed by atoms with Crippen molar-refractivity contribution in [3.8, 4) is 5.75 Å². The molecule has 0 aliphatic carbocycles. The Hall–Kier alpha value is -3.10. The van der Waals surface area contributed by atoms with Crippen LogP contribution in [-0.4, -0.2) is 31.1 Å². The van der Waals surface area contributed by atoms with Crippen LogP contribution in [0.2, 0.25) is 0 Å². The highest BCUT2D eigenvalue weighted by atomic mass is 16.6. The van der Waals surface area contributed by atoms with E-state index < -0.39 is 22.3 Å². The van der Waals surface area contributed by atoms with E-state index in [1.807, 2.05) is 0 Å². The molecule has 0 atom stereocenters. The summed E-state index contributed by atoms with van der Waals surface area (Å²) in [5.74, 6) is -1.18. The van der Waals surface area contributed by atoms with Crippen LogP contribution in [0.15, 0.2) is 18.2 Å². The fourth-order valence-corrected chi connectivity index (χ4v) is 1.50. The number of nitrogens with zero attached hydrogens (tertiary/aromatic N) is 4. The van der Waals surface area contributed by atoms with Gasteiger partial charge >= 0.3 is 5.69 Å². The third kappa shape index (κ3) is 3.08. The lowest BCUT2D eigenvalue weighted by molar-refractivity contribution is -0.385. The first kappa shape index (κ1) is 14.3. The number of hydrogen-bond acceptors (Lipinski definition) is 7. The number of nitrogens with one attached hydrogen (secondary N) is 1. The molecule has 0 spiro atoms. The summed E-state index contributed by atoms with van der Waals surface area (Å²) in [4.78, 5) is 25.8. The van der Waals surface area contributed by atoms with Gasteiger partial charge in [0.1, 0.15) is 0 Å².